The van der Waals surface area contributed by atoms with Crippen LogP contribution in [0.5, 0.6) is 0 Å². The van der Waals surface area contributed by atoms with Gasteiger partial charge >= 0.3 is 5.69 Å². The summed E-state index contributed by atoms with van der Waals surface area (Å²) in [6.45, 7) is 0.324. The number of aliphatic hydroxyl groups is 1. The summed E-state index contributed by atoms with van der Waals surface area (Å²) < 4.78 is 25.8. The number of aromatic nitrogens is 2. The van der Waals surface area contributed by atoms with Gasteiger partial charge in [-0.3, -0.25) is 9.78 Å². The van der Waals surface area contributed by atoms with Crippen molar-refractivity contribution >= 4 is 10.0 Å². The standard InChI is InChI=1S/C10H17N3O5S/c14-6-4-2-1-3-5-12-19(17,18)8-7-11-10(16)13-9(8)15/h7,12,14H,1-6H2,(H2,11,13,15,16). The van der Waals surface area contributed by atoms with Crippen molar-refractivity contribution in [2.24, 2.45) is 0 Å². The van der Waals surface area contributed by atoms with E-state index in [4.69, 9.17) is 5.11 Å². The summed E-state index contributed by atoms with van der Waals surface area (Å²) in [7, 11) is -3.91. The number of H-pyrrole nitrogens is 2. The summed E-state index contributed by atoms with van der Waals surface area (Å²) in [5.74, 6) is 0. The van der Waals surface area contributed by atoms with Crippen molar-refractivity contribution in [2.45, 2.75) is 30.6 Å². The molecule has 1 aromatic heterocycles. The number of hydrogen-bond acceptors (Lipinski definition) is 5. The van der Waals surface area contributed by atoms with Crippen molar-refractivity contribution < 1.29 is 13.5 Å². The molecule has 0 amide bonds. The lowest BCUT2D eigenvalue weighted by Crippen LogP contribution is -2.33. The number of rotatable bonds is 8. The molecule has 0 fully saturated rings. The van der Waals surface area contributed by atoms with Gasteiger partial charge in [-0.25, -0.2) is 17.9 Å². The first-order valence-electron chi connectivity index (χ1n) is 5.90. The summed E-state index contributed by atoms with van der Waals surface area (Å²) in [6.07, 6.45) is 3.77. The van der Waals surface area contributed by atoms with Gasteiger partial charge in [0.25, 0.3) is 5.56 Å². The Balaban J connectivity index is 2.57. The van der Waals surface area contributed by atoms with Gasteiger partial charge in [0.15, 0.2) is 4.90 Å². The Kier molecular flexibility index (Phi) is 5.93. The first kappa shape index (κ1) is 15.6. The van der Waals surface area contributed by atoms with E-state index in [9.17, 15) is 18.0 Å². The summed E-state index contributed by atoms with van der Waals surface area (Å²) >= 11 is 0. The van der Waals surface area contributed by atoms with E-state index in [-0.39, 0.29) is 13.2 Å². The van der Waals surface area contributed by atoms with E-state index >= 15 is 0 Å². The van der Waals surface area contributed by atoms with E-state index < -0.39 is 26.2 Å². The normalized spacial score (nSPS) is 11.6. The van der Waals surface area contributed by atoms with Crippen molar-refractivity contribution in [1.29, 1.82) is 0 Å². The highest BCUT2D eigenvalue weighted by molar-refractivity contribution is 7.89. The molecule has 1 heterocycles. The Hall–Kier alpha value is -1.45. The van der Waals surface area contributed by atoms with Crippen molar-refractivity contribution in [2.75, 3.05) is 13.2 Å². The molecule has 1 aromatic rings. The Morgan fingerprint density at radius 2 is 1.84 bits per heavy atom. The zero-order chi connectivity index (χ0) is 14.3. The number of aromatic amines is 2. The molecule has 1 rings (SSSR count). The highest BCUT2D eigenvalue weighted by Crippen LogP contribution is 2.01. The van der Waals surface area contributed by atoms with Crippen molar-refractivity contribution in [1.82, 2.24) is 14.7 Å². The molecule has 0 atom stereocenters. The Bertz CT molecular complexity index is 604. The topological polar surface area (TPSA) is 132 Å². The SMILES string of the molecule is O=c1[nH]cc(S(=O)(=O)NCCCCCCO)c(=O)[nH]1. The van der Waals surface area contributed by atoms with Crippen LogP contribution in [-0.4, -0.2) is 36.6 Å². The number of hydrogen-bond donors (Lipinski definition) is 4. The first-order valence-corrected chi connectivity index (χ1v) is 7.38. The van der Waals surface area contributed by atoms with Crippen LogP contribution >= 0.6 is 0 Å². The van der Waals surface area contributed by atoms with Crippen LogP contribution < -0.4 is 16.0 Å². The lowest BCUT2D eigenvalue weighted by molar-refractivity contribution is 0.282. The minimum atomic E-state index is -3.91. The van der Waals surface area contributed by atoms with Gasteiger partial charge in [0.05, 0.1) is 0 Å². The highest BCUT2D eigenvalue weighted by Gasteiger charge is 2.17. The van der Waals surface area contributed by atoms with Gasteiger partial charge in [-0.05, 0) is 12.8 Å². The van der Waals surface area contributed by atoms with Gasteiger partial charge in [-0.2, -0.15) is 0 Å². The molecule has 0 aromatic carbocycles. The predicted octanol–water partition coefficient (Wildman–Crippen LogP) is -1.11. The van der Waals surface area contributed by atoms with Gasteiger partial charge in [-0.1, -0.05) is 12.8 Å². The second-order valence-corrected chi connectivity index (χ2v) is 5.71. The van der Waals surface area contributed by atoms with Crippen LogP contribution in [0.2, 0.25) is 0 Å². The van der Waals surface area contributed by atoms with E-state index in [0.29, 0.717) is 12.8 Å². The van der Waals surface area contributed by atoms with Crippen molar-refractivity contribution in [3.05, 3.63) is 27.0 Å². The maximum atomic E-state index is 11.8. The number of sulfonamides is 1. The van der Waals surface area contributed by atoms with Gasteiger partial charge in [0.2, 0.25) is 10.0 Å². The van der Waals surface area contributed by atoms with Crippen LogP contribution in [0.3, 0.4) is 0 Å². The summed E-state index contributed by atoms with van der Waals surface area (Å²) in [6, 6.07) is 0. The summed E-state index contributed by atoms with van der Waals surface area (Å²) in [4.78, 5) is 25.6. The molecule has 0 radical (unpaired) electrons. The first-order chi connectivity index (χ1) is 8.97. The van der Waals surface area contributed by atoms with E-state index in [2.05, 4.69) is 9.71 Å². The third kappa shape index (κ3) is 4.97. The van der Waals surface area contributed by atoms with Gasteiger partial charge in [-0.15, -0.1) is 0 Å². The Morgan fingerprint density at radius 3 is 2.47 bits per heavy atom. The fourth-order valence-corrected chi connectivity index (χ4v) is 2.55. The van der Waals surface area contributed by atoms with Crippen LogP contribution in [0.15, 0.2) is 20.7 Å². The van der Waals surface area contributed by atoms with Crippen LogP contribution in [0.1, 0.15) is 25.7 Å². The van der Waals surface area contributed by atoms with Gasteiger partial charge in [0, 0.05) is 19.3 Å². The molecule has 4 N–H and O–H groups in total. The van der Waals surface area contributed by atoms with Crippen molar-refractivity contribution in [3.8, 4) is 0 Å². The third-order valence-corrected chi connectivity index (χ3v) is 3.92. The zero-order valence-corrected chi connectivity index (χ0v) is 11.1. The van der Waals surface area contributed by atoms with Crippen LogP contribution in [0, 0.1) is 0 Å². The molecule has 0 saturated carbocycles. The molecule has 9 heteroatoms. The predicted molar refractivity (Wildman–Crippen MR) is 68.4 cm³/mol. The fourth-order valence-electron chi connectivity index (χ4n) is 1.47. The molecule has 0 aliphatic rings. The average Bonchev–Trinajstić information content (AvgIpc) is 2.33. The van der Waals surface area contributed by atoms with Crippen LogP contribution in [0.25, 0.3) is 0 Å². The van der Waals surface area contributed by atoms with Crippen LogP contribution in [0.4, 0.5) is 0 Å². The highest BCUT2D eigenvalue weighted by atomic mass is 32.2. The number of unbranched alkanes of at least 4 members (excludes halogenated alkanes) is 3. The fraction of sp³-hybridized carbons (Fsp3) is 0.600. The minimum absolute atomic E-state index is 0.123. The molecule has 108 valence electrons. The van der Waals surface area contributed by atoms with E-state index in [0.717, 1.165) is 19.0 Å². The lowest BCUT2D eigenvalue weighted by atomic mass is 10.2. The third-order valence-electron chi connectivity index (χ3n) is 2.45. The minimum Gasteiger partial charge on any atom is -0.396 e. The second kappa shape index (κ2) is 7.22. The smallest absolute Gasteiger partial charge is 0.325 e. The largest absolute Gasteiger partial charge is 0.396 e. The van der Waals surface area contributed by atoms with Crippen LogP contribution in [-0.2, 0) is 10.0 Å². The monoisotopic (exact) mass is 291 g/mol. The zero-order valence-electron chi connectivity index (χ0n) is 10.3. The molecule has 0 aliphatic carbocycles. The molecule has 0 saturated heterocycles. The molecule has 0 spiro atoms. The van der Waals surface area contributed by atoms with Gasteiger partial charge < -0.3 is 10.1 Å². The quantitative estimate of drug-likeness (QED) is 0.451. The second-order valence-electron chi connectivity index (χ2n) is 3.97. The lowest BCUT2D eigenvalue weighted by Gasteiger charge is -2.05. The van der Waals surface area contributed by atoms with Crippen molar-refractivity contribution in [3.63, 3.8) is 0 Å². The molecule has 8 nitrogen and oxygen atoms in total. The number of aliphatic hydroxyl groups excluding tert-OH is 1. The summed E-state index contributed by atoms with van der Waals surface area (Å²) in [5.41, 5.74) is -1.70. The number of nitrogens with one attached hydrogen (secondary N) is 3. The van der Waals surface area contributed by atoms with E-state index in [1.165, 1.54) is 0 Å². The molecule has 0 aliphatic heterocycles. The Morgan fingerprint density at radius 1 is 1.16 bits per heavy atom. The summed E-state index contributed by atoms with van der Waals surface area (Å²) in [5, 5.41) is 8.57. The Labute approximate surface area is 109 Å². The molecular formula is C10H17N3O5S. The van der Waals surface area contributed by atoms with E-state index in [1.807, 2.05) is 4.98 Å². The molecule has 19 heavy (non-hydrogen) atoms. The average molecular weight is 291 g/mol. The van der Waals surface area contributed by atoms with Gasteiger partial charge in [0.1, 0.15) is 0 Å². The molecular weight excluding hydrogens is 274 g/mol. The molecule has 0 unspecified atom stereocenters. The maximum absolute atomic E-state index is 11.8. The van der Waals surface area contributed by atoms with E-state index in [1.54, 1.807) is 0 Å². The maximum Gasteiger partial charge on any atom is 0.325 e. The molecule has 0 bridgehead atoms.